The van der Waals surface area contributed by atoms with Crippen LogP contribution in [0.4, 0.5) is 5.82 Å². The molecule has 1 aromatic carbocycles. The molecular weight excluding hydrogens is 224 g/mol. The average molecular weight is 240 g/mol. The van der Waals surface area contributed by atoms with Crippen molar-refractivity contribution >= 4 is 5.82 Å². The zero-order valence-corrected chi connectivity index (χ0v) is 10.2. The van der Waals surface area contributed by atoms with Crippen LogP contribution >= 0.6 is 0 Å². The highest BCUT2D eigenvalue weighted by Gasteiger charge is 2.17. The zero-order valence-electron chi connectivity index (χ0n) is 10.2. The average Bonchev–Trinajstić information content (AvgIpc) is 2.47. The van der Waals surface area contributed by atoms with Crippen LogP contribution in [0.25, 0.3) is 0 Å². The summed E-state index contributed by atoms with van der Waals surface area (Å²) in [4.78, 5) is 10.9. The van der Waals surface area contributed by atoms with Crippen molar-refractivity contribution in [1.29, 1.82) is 0 Å². The molecule has 92 valence electrons. The van der Waals surface area contributed by atoms with E-state index < -0.39 is 0 Å². The number of rotatable bonds is 2. The Morgan fingerprint density at radius 1 is 1.17 bits per heavy atom. The number of nitrogens with zero attached hydrogens (tertiary/aromatic N) is 3. The summed E-state index contributed by atoms with van der Waals surface area (Å²) in [5.41, 5.74) is 8.41. The maximum Gasteiger partial charge on any atom is 0.144 e. The van der Waals surface area contributed by atoms with Crippen LogP contribution in [-0.4, -0.2) is 16.5 Å². The highest BCUT2D eigenvalue weighted by Crippen LogP contribution is 2.22. The molecule has 0 spiro atoms. The van der Waals surface area contributed by atoms with E-state index in [4.69, 9.17) is 5.73 Å². The van der Waals surface area contributed by atoms with E-state index in [1.54, 1.807) is 6.20 Å². The van der Waals surface area contributed by atoms with Crippen LogP contribution in [0.1, 0.15) is 17.0 Å². The highest BCUT2D eigenvalue weighted by atomic mass is 15.2. The van der Waals surface area contributed by atoms with Crippen molar-refractivity contribution in [2.45, 2.75) is 19.5 Å². The normalized spacial score (nSPS) is 14.4. The summed E-state index contributed by atoms with van der Waals surface area (Å²) in [5.74, 6) is 1.67. The number of aromatic nitrogens is 2. The summed E-state index contributed by atoms with van der Waals surface area (Å²) in [5, 5.41) is 0. The van der Waals surface area contributed by atoms with E-state index in [0.717, 1.165) is 25.3 Å². The molecule has 0 radical (unpaired) electrons. The minimum absolute atomic E-state index is 0.387. The van der Waals surface area contributed by atoms with E-state index in [2.05, 4.69) is 39.1 Å². The minimum atomic E-state index is 0.387. The smallest absolute Gasteiger partial charge is 0.144 e. The van der Waals surface area contributed by atoms with Gasteiger partial charge in [0.15, 0.2) is 0 Å². The first-order chi connectivity index (χ1) is 8.86. The number of anilines is 1. The van der Waals surface area contributed by atoms with E-state index in [-0.39, 0.29) is 0 Å². The predicted octanol–water partition coefficient (Wildman–Crippen LogP) is 1.50. The van der Waals surface area contributed by atoms with Gasteiger partial charge >= 0.3 is 0 Å². The second-order valence-electron chi connectivity index (χ2n) is 4.48. The lowest BCUT2D eigenvalue weighted by atomic mass is 10.00. The van der Waals surface area contributed by atoms with Gasteiger partial charge in [-0.2, -0.15) is 0 Å². The molecule has 0 amide bonds. The number of nitrogens with two attached hydrogens (primary N) is 1. The Morgan fingerprint density at radius 2 is 2.00 bits per heavy atom. The number of benzene rings is 1. The summed E-state index contributed by atoms with van der Waals surface area (Å²) in [6, 6.07) is 10.5. The molecule has 1 aliphatic heterocycles. The largest absolute Gasteiger partial charge is 0.352 e. The Balaban J connectivity index is 1.87. The van der Waals surface area contributed by atoms with Gasteiger partial charge in [-0.15, -0.1) is 0 Å². The summed E-state index contributed by atoms with van der Waals surface area (Å²) >= 11 is 0. The quantitative estimate of drug-likeness (QED) is 0.864. The van der Waals surface area contributed by atoms with Crippen LogP contribution in [0.3, 0.4) is 0 Å². The second-order valence-corrected chi connectivity index (χ2v) is 4.48. The van der Waals surface area contributed by atoms with E-state index in [0.29, 0.717) is 12.4 Å². The Kier molecular flexibility index (Phi) is 2.94. The Labute approximate surface area is 106 Å². The molecule has 2 aromatic rings. The molecule has 0 saturated carbocycles. The van der Waals surface area contributed by atoms with Crippen LogP contribution in [0.5, 0.6) is 0 Å². The van der Waals surface area contributed by atoms with Crippen molar-refractivity contribution in [3.63, 3.8) is 0 Å². The van der Waals surface area contributed by atoms with E-state index in [1.165, 1.54) is 11.1 Å². The summed E-state index contributed by atoms with van der Waals surface area (Å²) in [7, 11) is 0. The molecule has 0 fully saturated rings. The van der Waals surface area contributed by atoms with Crippen molar-refractivity contribution in [3.05, 3.63) is 53.5 Å². The predicted molar refractivity (Wildman–Crippen MR) is 71.1 cm³/mol. The Bertz CT molecular complexity index is 553. The molecular formula is C14H16N4. The van der Waals surface area contributed by atoms with Crippen LogP contribution < -0.4 is 10.6 Å². The third-order valence-electron chi connectivity index (χ3n) is 3.33. The van der Waals surface area contributed by atoms with Crippen molar-refractivity contribution in [1.82, 2.24) is 9.97 Å². The van der Waals surface area contributed by atoms with E-state index in [9.17, 15) is 0 Å². The van der Waals surface area contributed by atoms with Gasteiger partial charge < -0.3 is 10.6 Å². The summed E-state index contributed by atoms with van der Waals surface area (Å²) in [6.07, 6.45) is 2.85. The van der Waals surface area contributed by atoms with Gasteiger partial charge in [-0.3, -0.25) is 0 Å². The first-order valence-electron chi connectivity index (χ1n) is 6.20. The van der Waals surface area contributed by atoms with Gasteiger partial charge in [0.25, 0.3) is 0 Å². The molecule has 2 heterocycles. The maximum absolute atomic E-state index is 5.58. The summed E-state index contributed by atoms with van der Waals surface area (Å²) < 4.78 is 0. The Hall–Kier alpha value is -1.94. The third-order valence-corrected chi connectivity index (χ3v) is 3.33. The van der Waals surface area contributed by atoms with E-state index >= 15 is 0 Å². The zero-order chi connectivity index (χ0) is 12.4. The lowest BCUT2D eigenvalue weighted by Gasteiger charge is -2.29. The first kappa shape index (κ1) is 11.2. The molecule has 0 atom stereocenters. The standard InChI is InChI=1S/C14H16N4/c15-9-13-16-7-5-14(17-13)18-8-6-11-3-1-2-4-12(11)10-18/h1-5,7H,6,8-10,15H2. The van der Waals surface area contributed by atoms with Crippen LogP contribution in [0.2, 0.25) is 0 Å². The van der Waals surface area contributed by atoms with Crippen molar-refractivity contribution in [3.8, 4) is 0 Å². The van der Waals surface area contributed by atoms with Gasteiger partial charge in [0.05, 0.1) is 6.54 Å². The lowest BCUT2D eigenvalue weighted by Crippen LogP contribution is -2.31. The fourth-order valence-electron chi connectivity index (χ4n) is 2.35. The lowest BCUT2D eigenvalue weighted by molar-refractivity contribution is 0.713. The fourth-order valence-corrected chi connectivity index (χ4v) is 2.35. The van der Waals surface area contributed by atoms with Crippen LogP contribution in [0.15, 0.2) is 36.5 Å². The van der Waals surface area contributed by atoms with Gasteiger partial charge in [-0.25, -0.2) is 9.97 Å². The SMILES string of the molecule is NCc1nccc(N2CCc3ccccc3C2)n1. The first-order valence-corrected chi connectivity index (χ1v) is 6.20. The van der Waals surface area contributed by atoms with Crippen molar-refractivity contribution in [2.75, 3.05) is 11.4 Å². The van der Waals surface area contributed by atoms with Crippen LogP contribution in [-0.2, 0) is 19.5 Å². The Morgan fingerprint density at radius 3 is 2.83 bits per heavy atom. The highest BCUT2D eigenvalue weighted by molar-refractivity contribution is 5.43. The van der Waals surface area contributed by atoms with Gasteiger partial charge in [-0.1, -0.05) is 24.3 Å². The molecule has 3 rings (SSSR count). The molecule has 0 bridgehead atoms. The molecule has 18 heavy (non-hydrogen) atoms. The monoisotopic (exact) mass is 240 g/mol. The van der Waals surface area contributed by atoms with Gasteiger partial charge in [-0.05, 0) is 23.6 Å². The summed E-state index contributed by atoms with van der Waals surface area (Å²) in [6.45, 7) is 2.30. The number of fused-ring (bicyclic) bond motifs is 1. The van der Waals surface area contributed by atoms with E-state index in [1.807, 2.05) is 6.07 Å². The molecule has 0 aliphatic carbocycles. The molecule has 0 unspecified atom stereocenters. The van der Waals surface area contributed by atoms with Crippen molar-refractivity contribution < 1.29 is 0 Å². The molecule has 0 saturated heterocycles. The molecule has 4 nitrogen and oxygen atoms in total. The van der Waals surface area contributed by atoms with Gasteiger partial charge in [0.2, 0.25) is 0 Å². The van der Waals surface area contributed by atoms with Crippen LogP contribution in [0, 0.1) is 0 Å². The third kappa shape index (κ3) is 2.07. The van der Waals surface area contributed by atoms with Gasteiger partial charge in [0, 0.05) is 19.3 Å². The van der Waals surface area contributed by atoms with Gasteiger partial charge in [0.1, 0.15) is 11.6 Å². The molecule has 1 aromatic heterocycles. The topological polar surface area (TPSA) is 55.0 Å². The number of hydrogen-bond donors (Lipinski definition) is 1. The fraction of sp³-hybridized carbons (Fsp3) is 0.286. The molecule has 1 aliphatic rings. The van der Waals surface area contributed by atoms with Crippen molar-refractivity contribution in [2.24, 2.45) is 5.73 Å². The number of hydrogen-bond acceptors (Lipinski definition) is 4. The maximum atomic E-state index is 5.58. The second kappa shape index (κ2) is 4.74. The molecule has 4 heteroatoms. The molecule has 2 N–H and O–H groups in total. The minimum Gasteiger partial charge on any atom is -0.352 e.